The van der Waals surface area contributed by atoms with Crippen molar-refractivity contribution in [1.29, 1.82) is 0 Å². The molecule has 0 aliphatic rings. The van der Waals surface area contributed by atoms with Gasteiger partial charge in [-0.1, -0.05) is 6.07 Å². The average molecular weight is 301 g/mol. The summed E-state index contributed by atoms with van der Waals surface area (Å²) in [4.78, 5) is 24.4. The fourth-order valence-corrected chi connectivity index (χ4v) is 0.528. The van der Waals surface area contributed by atoms with Crippen LogP contribution in [0.15, 0.2) is 29.2 Å². The van der Waals surface area contributed by atoms with Crippen molar-refractivity contribution in [2.45, 2.75) is 0 Å². The monoisotopic (exact) mass is 302 g/mol. The minimum absolute atomic E-state index is 0. The van der Waals surface area contributed by atoms with E-state index in [0.29, 0.717) is 0 Å². The van der Waals surface area contributed by atoms with E-state index >= 15 is 0 Å². The third-order valence-corrected chi connectivity index (χ3v) is 0.924. The summed E-state index contributed by atoms with van der Waals surface area (Å²) >= 11 is 0. The summed E-state index contributed by atoms with van der Waals surface area (Å²) in [5.74, 6) is 0. The van der Waals surface area contributed by atoms with Crippen molar-refractivity contribution >= 4 is 6.47 Å². The van der Waals surface area contributed by atoms with Gasteiger partial charge >= 0.3 is 0 Å². The normalized spacial score (nSPS) is 8.00. The van der Waals surface area contributed by atoms with Crippen LogP contribution >= 0.6 is 0 Å². The van der Waals surface area contributed by atoms with Crippen LogP contribution in [0.5, 0.6) is 0 Å². The molecule has 0 atom stereocenters. The SMILES string of the molecule is O=[C-]On1ccccc1=O.[Dy]. The van der Waals surface area contributed by atoms with Crippen molar-refractivity contribution < 1.29 is 47.8 Å². The first-order valence-corrected chi connectivity index (χ1v) is 2.57. The predicted octanol–water partition coefficient (Wildman–Crippen LogP) is -0.656. The maximum Gasteiger partial charge on any atom is 0.280 e. The number of pyridine rings is 1. The van der Waals surface area contributed by atoms with Crippen LogP contribution in [-0.4, -0.2) is 11.2 Å². The van der Waals surface area contributed by atoms with E-state index in [4.69, 9.17) is 0 Å². The van der Waals surface area contributed by atoms with Gasteiger partial charge in [-0.25, -0.2) is 0 Å². The molecule has 0 unspecified atom stereocenters. The molecular weight excluding hydrogens is 297 g/mol. The van der Waals surface area contributed by atoms with E-state index in [2.05, 4.69) is 4.84 Å². The van der Waals surface area contributed by atoms with Gasteiger partial charge in [0.05, 0.1) is 0 Å². The molecule has 0 radical (unpaired) electrons. The van der Waals surface area contributed by atoms with E-state index in [1.165, 1.54) is 12.3 Å². The fourth-order valence-electron chi connectivity index (χ4n) is 0.528. The molecule has 0 saturated carbocycles. The number of aromatic nitrogens is 1. The van der Waals surface area contributed by atoms with Crippen LogP contribution in [0.2, 0.25) is 0 Å². The van der Waals surface area contributed by atoms with Crippen LogP contribution in [0, 0.1) is 38.2 Å². The van der Waals surface area contributed by atoms with Gasteiger partial charge < -0.3 is 9.63 Å². The molecule has 0 aliphatic heterocycles. The Labute approximate surface area is 93.1 Å². The standard InChI is InChI=1S/C6H4NO3.Dy/c8-5-10-7-4-2-1-3-6(7)9;/h1-4H;/q-1;. The molecule has 62 valence electrons. The molecule has 1 aromatic rings. The summed E-state index contributed by atoms with van der Waals surface area (Å²) in [5.41, 5.74) is -0.397. The molecule has 1 aromatic heterocycles. The van der Waals surface area contributed by atoms with Gasteiger partial charge in [0.15, 0.2) is 0 Å². The zero-order valence-electron chi connectivity index (χ0n) is 5.30. The molecule has 1 rings (SSSR count). The molecule has 0 N–H and O–H groups in total. The quantitative estimate of drug-likeness (QED) is 0.682. The van der Waals surface area contributed by atoms with Crippen molar-refractivity contribution in [1.82, 2.24) is 4.73 Å². The summed E-state index contributed by atoms with van der Waals surface area (Å²) in [5, 5.41) is 0. The van der Waals surface area contributed by atoms with Crippen molar-refractivity contribution in [3.05, 3.63) is 34.7 Å². The van der Waals surface area contributed by atoms with E-state index in [9.17, 15) is 9.59 Å². The van der Waals surface area contributed by atoms with Gasteiger partial charge in [-0.2, -0.15) is 4.73 Å². The molecule has 0 aliphatic carbocycles. The van der Waals surface area contributed by atoms with E-state index in [1.54, 1.807) is 12.1 Å². The van der Waals surface area contributed by atoms with Crippen molar-refractivity contribution in [2.24, 2.45) is 0 Å². The summed E-state index contributed by atoms with van der Waals surface area (Å²) < 4.78 is 0.785. The molecule has 0 amide bonds. The van der Waals surface area contributed by atoms with Gasteiger partial charge in [-0.3, -0.25) is 4.79 Å². The molecule has 1 heterocycles. The molecular formula is C6H4DyNO3-. The van der Waals surface area contributed by atoms with Crippen molar-refractivity contribution in [3.8, 4) is 0 Å². The number of rotatable bonds is 2. The number of nitrogens with zero attached hydrogens (tertiary/aromatic N) is 1. The Kier molecular flexibility index (Phi) is 5.21. The van der Waals surface area contributed by atoms with Crippen LogP contribution in [0.1, 0.15) is 0 Å². The van der Waals surface area contributed by atoms with Gasteiger partial charge in [-0.15, -0.1) is 0 Å². The Bertz CT molecular complexity index is 283. The van der Waals surface area contributed by atoms with Gasteiger partial charge in [-0.05, 0) is 12.5 Å². The smallest absolute Gasteiger partial charge is 0.280 e. The summed E-state index contributed by atoms with van der Waals surface area (Å²) in [6, 6.07) is 4.39. The van der Waals surface area contributed by atoms with E-state index in [0.717, 1.165) is 11.2 Å². The fraction of sp³-hybridized carbons (Fsp3) is 0. The third kappa shape index (κ3) is 3.06. The first-order valence-electron chi connectivity index (χ1n) is 2.57. The van der Waals surface area contributed by atoms with Crippen LogP contribution in [-0.2, 0) is 4.79 Å². The molecule has 4 nitrogen and oxygen atoms in total. The molecule has 5 heteroatoms. The third-order valence-electron chi connectivity index (χ3n) is 0.924. The second kappa shape index (κ2) is 5.36. The van der Waals surface area contributed by atoms with Crippen molar-refractivity contribution in [2.75, 3.05) is 0 Å². The second-order valence-corrected chi connectivity index (χ2v) is 1.54. The Morgan fingerprint density at radius 1 is 1.45 bits per heavy atom. The van der Waals surface area contributed by atoms with Crippen LogP contribution < -0.4 is 10.4 Å². The van der Waals surface area contributed by atoms with Gasteiger partial charge in [0.2, 0.25) is 0 Å². The molecule has 0 bridgehead atoms. The maximum atomic E-state index is 10.7. The molecule has 11 heavy (non-hydrogen) atoms. The zero-order valence-corrected chi connectivity index (χ0v) is 7.33. The Morgan fingerprint density at radius 2 is 2.18 bits per heavy atom. The molecule has 0 aromatic carbocycles. The number of hydrogen-bond acceptors (Lipinski definition) is 3. The average Bonchev–Trinajstić information content (AvgIpc) is 1.94. The minimum atomic E-state index is -0.397. The zero-order chi connectivity index (χ0) is 7.40. The summed E-state index contributed by atoms with van der Waals surface area (Å²) in [6.07, 6.45) is 1.33. The second-order valence-electron chi connectivity index (χ2n) is 1.54. The van der Waals surface area contributed by atoms with Crippen molar-refractivity contribution in [3.63, 3.8) is 0 Å². The molecule has 0 saturated heterocycles. The van der Waals surface area contributed by atoms with Crippen LogP contribution in [0.25, 0.3) is 0 Å². The van der Waals surface area contributed by atoms with Gasteiger partial charge in [0.25, 0.3) is 5.56 Å². The van der Waals surface area contributed by atoms with E-state index in [-0.39, 0.29) is 38.2 Å². The Balaban J connectivity index is 0.000001000. The first-order chi connectivity index (χ1) is 4.84. The Morgan fingerprint density at radius 3 is 2.73 bits per heavy atom. The summed E-state index contributed by atoms with van der Waals surface area (Å²) in [6.45, 7) is 1.14. The first kappa shape index (κ1) is 10.7. The molecule has 0 spiro atoms. The summed E-state index contributed by atoms with van der Waals surface area (Å²) in [7, 11) is 0. The number of carbonyl (C=O) groups excluding carboxylic acids is 1. The largest absolute Gasteiger partial charge is 0.538 e. The van der Waals surface area contributed by atoms with E-state index < -0.39 is 5.56 Å². The number of hydrogen-bond donors (Lipinski definition) is 0. The predicted molar refractivity (Wildman–Crippen MR) is 33.0 cm³/mol. The van der Waals surface area contributed by atoms with Crippen LogP contribution in [0.4, 0.5) is 0 Å². The van der Waals surface area contributed by atoms with E-state index in [1.807, 2.05) is 0 Å². The Hall–Kier alpha value is -0.307. The van der Waals surface area contributed by atoms with Crippen LogP contribution in [0.3, 0.4) is 0 Å². The minimum Gasteiger partial charge on any atom is -0.538 e. The van der Waals surface area contributed by atoms with Gasteiger partial charge in [0, 0.05) is 50.4 Å². The maximum absolute atomic E-state index is 10.7. The molecule has 0 fully saturated rings. The topological polar surface area (TPSA) is 48.3 Å². The van der Waals surface area contributed by atoms with Gasteiger partial charge in [0.1, 0.15) is 0 Å².